The van der Waals surface area contributed by atoms with Crippen molar-refractivity contribution in [1.29, 1.82) is 0 Å². The second kappa shape index (κ2) is 7.73. The van der Waals surface area contributed by atoms with E-state index in [-0.39, 0.29) is 23.7 Å². The Balaban J connectivity index is 2.08. The van der Waals surface area contributed by atoms with Gasteiger partial charge < -0.3 is 9.88 Å². The maximum atomic E-state index is 13.4. The first-order valence-electron chi connectivity index (χ1n) is 9.12. The van der Waals surface area contributed by atoms with Gasteiger partial charge in [0.1, 0.15) is 5.82 Å². The molecule has 1 aromatic heterocycles. The van der Waals surface area contributed by atoms with Crippen molar-refractivity contribution in [2.45, 2.75) is 45.7 Å². The first kappa shape index (κ1) is 18.2. The van der Waals surface area contributed by atoms with Crippen LogP contribution in [-0.2, 0) is 11.3 Å². The van der Waals surface area contributed by atoms with Crippen LogP contribution in [-0.4, -0.2) is 16.5 Å². The third-order valence-corrected chi connectivity index (χ3v) is 4.65. The molecule has 0 aliphatic rings. The van der Waals surface area contributed by atoms with Crippen LogP contribution in [0.1, 0.15) is 44.2 Å². The number of nitrogens with zero attached hydrogens (tertiary/aromatic N) is 1. The second-order valence-electron chi connectivity index (χ2n) is 6.92. The number of nitrogens with one attached hydrogen (secondary N) is 1. The van der Waals surface area contributed by atoms with Gasteiger partial charge in [-0.1, -0.05) is 30.3 Å². The topological polar surface area (TPSA) is 34.0 Å². The number of carbonyl (C=O) groups is 1. The summed E-state index contributed by atoms with van der Waals surface area (Å²) in [7, 11) is 0. The third kappa shape index (κ3) is 3.79. The van der Waals surface area contributed by atoms with Gasteiger partial charge in [0.15, 0.2) is 0 Å². The highest BCUT2D eigenvalue weighted by atomic mass is 19.1. The van der Waals surface area contributed by atoms with E-state index in [9.17, 15) is 9.18 Å². The van der Waals surface area contributed by atoms with E-state index in [2.05, 4.69) is 35.1 Å². The molecule has 1 atom stereocenters. The Morgan fingerprint density at radius 2 is 1.81 bits per heavy atom. The van der Waals surface area contributed by atoms with Crippen molar-refractivity contribution in [2.75, 3.05) is 0 Å². The summed E-state index contributed by atoms with van der Waals surface area (Å²) >= 11 is 0. The van der Waals surface area contributed by atoms with E-state index in [1.807, 2.05) is 26.0 Å². The maximum Gasteiger partial charge on any atom is 0.221 e. The predicted molar refractivity (Wildman–Crippen MR) is 104 cm³/mol. The SMILES string of the molecule is CCn1cc([C@H](CC(=O)NC(C)C)c2ccc(F)cc2)c2ccccc21. The normalized spacial score (nSPS) is 12.5. The van der Waals surface area contributed by atoms with Crippen molar-refractivity contribution in [1.82, 2.24) is 9.88 Å². The van der Waals surface area contributed by atoms with E-state index in [4.69, 9.17) is 0 Å². The average Bonchev–Trinajstić information content (AvgIpc) is 2.99. The predicted octanol–water partition coefficient (Wildman–Crippen LogP) is 4.85. The Bertz CT molecular complexity index is 896. The monoisotopic (exact) mass is 352 g/mol. The van der Waals surface area contributed by atoms with E-state index in [1.54, 1.807) is 12.1 Å². The summed E-state index contributed by atoms with van der Waals surface area (Å²) in [5.41, 5.74) is 3.21. The number of aromatic nitrogens is 1. The highest BCUT2D eigenvalue weighted by Crippen LogP contribution is 2.34. The van der Waals surface area contributed by atoms with Crippen molar-refractivity contribution >= 4 is 16.8 Å². The molecule has 0 spiro atoms. The summed E-state index contributed by atoms with van der Waals surface area (Å²) in [4.78, 5) is 12.5. The number of benzene rings is 2. The third-order valence-electron chi connectivity index (χ3n) is 4.65. The van der Waals surface area contributed by atoms with Crippen LogP contribution in [0.3, 0.4) is 0 Å². The van der Waals surface area contributed by atoms with Crippen LogP contribution in [0.2, 0.25) is 0 Å². The molecule has 0 aliphatic carbocycles. The van der Waals surface area contributed by atoms with Crippen LogP contribution in [0.25, 0.3) is 10.9 Å². The van der Waals surface area contributed by atoms with Crippen LogP contribution >= 0.6 is 0 Å². The van der Waals surface area contributed by atoms with Gasteiger partial charge in [-0.3, -0.25) is 4.79 Å². The van der Waals surface area contributed by atoms with Crippen LogP contribution in [0.4, 0.5) is 4.39 Å². The van der Waals surface area contributed by atoms with E-state index in [0.29, 0.717) is 6.42 Å². The first-order chi connectivity index (χ1) is 12.5. The molecule has 2 aromatic carbocycles. The summed E-state index contributed by atoms with van der Waals surface area (Å²) in [6.07, 6.45) is 2.46. The Morgan fingerprint density at radius 1 is 1.12 bits per heavy atom. The molecule has 26 heavy (non-hydrogen) atoms. The molecule has 0 fully saturated rings. The highest BCUT2D eigenvalue weighted by Gasteiger charge is 2.22. The minimum absolute atomic E-state index is 0.00246. The van der Waals surface area contributed by atoms with E-state index in [1.165, 1.54) is 12.1 Å². The van der Waals surface area contributed by atoms with Gasteiger partial charge >= 0.3 is 0 Å². The fourth-order valence-corrected chi connectivity index (χ4v) is 3.48. The number of hydrogen-bond donors (Lipinski definition) is 1. The number of carbonyl (C=O) groups excluding carboxylic acids is 1. The van der Waals surface area contributed by atoms with Crippen LogP contribution in [0.5, 0.6) is 0 Å². The van der Waals surface area contributed by atoms with E-state index in [0.717, 1.165) is 28.6 Å². The molecule has 1 N–H and O–H groups in total. The molecule has 0 aliphatic heterocycles. The van der Waals surface area contributed by atoms with Crippen LogP contribution in [0, 0.1) is 5.82 Å². The van der Waals surface area contributed by atoms with Crippen molar-refractivity contribution in [3.05, 3.63) is 71.7 Å². The van der Waals surface area contributed by atoms with Gasteiger partial charge in [-0.25, -0.2) is 4.39 Å². The molecule has 0 saturated carbocycles. The second-order valence-corrected chi connectivity index (χ2v) is 6.92. The number of aryl methyl sites for hydroxylation is 1. The zero-order chi connectivity index (χ0) is 18.7. The summed E-state index contributed by atoms with van der Waals surface area (Å²) in [5.74, 6) is -0.384. The summed E-state index contributed by atoms with van der Waals surface area (Å²) in [6.45, 7) is 6.87. The molecule has 1 amide bonds. The lowest BCUT2D eigenvalue weighted by Gasteiger charge is -2.18. The van der Waals surface area contributed by atoms with Gasteiger partial charge in [-0.2, -0.15) is 0 Å². The van der Waals surface area contributed by atoms with Crippen molar-refractivity contribution in [2.24, 2.45) is 0 Å². The zero-order valence-electron chi connectivity index (χ0n) is 15.5. The number of halogens is 1. The smallest absolute Gasteiger partial charge is 0.221 e. The van der Waals surface area contributed by atoms with E-state index >= 15 is 0 Å². The molecule has 1 heterocycles. The minimum Gasteiger partial charge on any atom is -0.354 e. The lowest BCUT2D eigenvalue weighted by atomic mass is 9.88. The fraction of sp³-hybridized carbons (Fsp3) is 0.318. The Morgan fingerprint density at radius 3 is 2.46 bits per heavy atom. The Hall–Kier alpha value is -2.62. The van der Waals surface area contributed by atoms with Gasteiger partial charge in [0.25, 0.3) is 0 Å². The number of hydrogen-bond acceptors (Lipinski definition) is 1. The lowest BCUT2D eigenvalue weighted by Crippen LogP contribution is -2.31. The van der Waals surface area contributed by atoms with Gasteiger partial charge in [0, 0.05) is 42.0 Å². The highest BCUT2D eigenvalue weighted by molar-refractivity contribution is 5.86. The molecule has 3 aromatic rings. The molecule has 0 radical (unpaired) electrons. The first-order valence-corrected chi connectivity index (χ1v) is 9.12. The van der Waals surface area contributed by atoms with Gasteiger partial charge in [0.05, 0.1) is 0 Å². The molecule has 4 heteroatoms. The van der Waals surface area contributed by atoms with Crippen molar-refractivity contribution < 1.29 is 9.18 Å². The standard InChI is InChI=1S/C22H25FN2O/c1-4-25-14-20(18-7-5-6-8-21(18)25)19(13-22(26)24-15(2)3)16-9-11-17(23)12-10-16/h5-12,14-15,19H,4,13H2,1-3H3,(H,24,26)/t19-/m1/s1. The number of para-hydroxylation sites is 1. The summed E-state index contributed by atoms with van der Waals surface area (Å²) in [5, 5.41) is 4.11. The summed E-state index contributed by atoms with van der Waals surface area (Å²) in [6, 6.07) is 14.8. The fourth-order valence-electron chi connectivity index (χ4n) is 3.48. The van der Waals surface area contributed by atoms with E-state index < -0.39 is 0 Å². The average molecular weight is 352 g/mol. The summed E-state index contributed by atoms with van der Waals surface area (Å²) < 4.78 is 15.6. The largest absolute Gasteiger partial charge is 0.354 e. The number of fused-ring (bicyclic) bond motifs is 1. The maximum absolute atomic E-state index is 13.4. The molecule has 3 rings (SSSR count). The quantitative estimate of drug-likeness (QED) is 0.676. The number of rotatable bonds is 6. The molecule has 0 unspecified atom stereocenters. The molecule has 0 saturated heterocycles. The lowest BCUT2D eigenvalue weighted by molar-refractivity contribution is -0.121. The van der Waals surface area contributed by atoms with Crippen molar-refractivity contribution in [3.8, 4) is 0 Å². The molecular formula is C22H25FN2O. The zero-order valence-corrected chi connectivity index (χ0v) is 15.5. The van der Waals surface area contributed by atoms with Crippen molar-refractivity contribution in [3.63, 3.8) is 0 Å². The Labute approximate surface area is 153 Å². The number of amides is 1. The molecule has 0 bridgehead atoms. The Kier molecular flexibility index (Phi) is 5.40. The van der Waals surface area contributed by atoms with Crippen LogP contribution in [0.15, 0.2) is 54.7 Å². The van der Waals surface area contributed by atoms with Gasteiger partial charge in [-0.15, -0.1) is 0 Å². The molecule has 136 valence electrons. The minimum atomic E-state index is -0.268. The van der Waals surface area contributed by atoms with Crippen LogP contribution < -0.4 is 5.32 Å². The van der Waals surface area contributed by atoms with Gasteiger partial charge in [0.2, 0.25) is 5.91 Å². The molecule has 3 nitrogen and oxygen atoms in total. The van der Waals surface area contributed by atoms with Gasteiger partial charge in [-0.05, 0) is 50.1 Å². The molecular weight excluding hydrogens is 327 g/mol.